The standard InChI is InChI=1S/C23H24N4O4/c1-28-19-5-3-15(9-21(19)29-2)12-27-8-7-18-16(13-27)11-24-23(26-18)25-17-4-6-20-22(10-17)31-14-30-20/h3-6,9-11H,7-8,12-14H2,1-2H3,(H,24,25,26). The van der Waals surface area contributed by atoms with Crippen LogP contribution in [0.2, 0.25) is 0 Å². The molecule has 0 fully saturated rings. The van der Waals surface area contributed by atoms with Crippen LogP contribution in [0.15, 0.2) is 42.6 Å². The van der Waals surface area contributed by atoms with Crippen molar-refractivity contribution in [3.05, 3.63) is 59.4 Å². The fraction of sp³-hybridized carbons (Fsp3) is 0.304. The van der Waals surface area contributed by atoms with Gasteiger partial charge in [0.05, 0.1) is 19.9 Å². The first kappa shape index (κ1) is 19.4. The van der Waals surface area contributed by atoms with E-state index >= 15 is 0 Å². The molecule has 2 aliphatic heterocycles. The lowest BCUT2D eigenvalue weighted by molar-refractivity contribution is 0.174. The highest BCUT2D eigenvalue weighted by Gasteiger charge is 2.20. The highest BCUT2D eigenvalue weighted by atomic mass is 16.7. The molecule has 31 heavy (non-hydrogen) atoms. The molecule has 8 heteroatoms. The van der Waals surface area contributed by atoms with Crippen molar-refractivity contribution in [2.75, 3.05) is 32.9 Å². The van der Waals surface area contributed by atoms with E-state index in [2.05, 4.69) is 21.3 Å². The van der Waals surface area contributed by atoms with Gasteiger partial charge < -0.3 is 24.3 Å². The van der Waals surface area contributed by atoms with Gasteiger partial charge in [-0.2, -0.15) is 0 Å². The van der Waals surface area contributed by atoms with Crippen molar-refractivity contribution in [3.8, 4) is 23.0 Å². The molecule has 160 valence electrons. The van der Waals surface area contributed by atoms with E-state index in [1.807, 2.05) is 36.5 Å². The van der Waals surface area contributed by atoms with Gasteiger partial charge in [-0.1, -0.05) is 6.07 Å². The molecule has 0 unspecified atom stereocenters. The minimum atomic E-state index is 0.258. The number of hydrogen-bond acceptors (Lipinski definition) is 8. The SMILES string of the molecule is COc1ccc(CN2CCc3nc(Nc4ccc5c(c4)OCO5)ncc3C2)cc1OC. The largest absolute Gasteiger partial charge is 0.493 e. The molecule has 0 spiro atoms. The number of benzene rings is 2. The third-order valence-electron chi connectivity index (χ3n) is 5.50. The maximum Gasteiger partial charge on any atom is 0.231 e. The zero-order valence-corrected chi connectivity index (χ0v) is 17.6. The Hall–Kier alpha value is -3.52. The number of hydrogen-bond donors (Lipinski definition) is 1. The summed E-state index contributed by atoms with van der Waals surface area (Å²) in [6, 6.07) is 11.8. The van der Waals surface area contributed by atoms with Crippen molar-refractivity contribution in [1.82, 2.24) is 14.9 Å². The molecule has 3 heterocycles. The number of nitrogens with zero attached hydrogens (tertiary/aromatic N) is 3. The molecule has 0 bridgehead atoms. The predicted octanol–water partition coefficient (Wildman–Crippen LogP) is 3.52. The Morgan fingerprint density at radius 1 is 1.03 bits per heavy atom. The van der Waals surface area contributed by atoms with Crippen molar-refractivity contribution >= 4 is 11.6 Å². The van der Waals surface area contributed by atoms with Crippen LogP contribution in [0.4, 0.5) is 11.6 Å². The van der Waals surface area contributed by atoms with Crippen LogP contribution in [0.25, 0.3) is 0 Å². The first-order valence-corrected chi connectivity index (χ1v) is 10.2. The zero-order chi connectivity index (χ0) is 21.2. The molecule has 0 atom stereocenters. The van der Waals surface area contributed by atoms with Gasteiger partial charge in [0.2, 0.25) is 12.7 Å². The van der Waals surface area contributed by atoms with Crippen LogP contribution in [0.1, 0.15) is 16.8 Å². The minimum Gasteiger partial charge on any atom is -0.493 e. The topological polar surface area (TPSA) is 78.0 Å². The average Bonchev–Trinajstić information content (AvgIpc) is 3.27. The number of ether oxygens (including phenoxy) is 4. The van der Waals surface area contributed by atoms with Gasteiger partial charge in [0, 0.05) is 49.6 Å². The van der Waals surface area contributed by atoms with Crippen molar-refractivity contribution in [3.63, 3.8) is 0 Å². The van der Waals surface area contributed by atoms with E-state index < -0.39 is 0 Å². The molecular formula is C23H24N4O4. The number of anilines is 2. The molecular weight excluding hydrogens is 396 g/mol. The molecule has 3 aromatic rings. The summed E-state index contributed by atoms with van der Waals surface area (Å²) in [7, 11) is 3.31. The van der Waals surface area contributed by atoms with Crippen LogP contribution in [0, 0.1) is 0 Å². The smallest absolute Gasteiger partial charge is 0.231 e. The Labute approximate surface area is 180 Å². The van der Waals surface area contributed by atoms with E-state index in [1.54, 1.807) is 14.2 Å². The van der Waals surface area contributed by atoms with Crippen molar-refractivity contribution in [1.29, 1.82) is 0 Å². The van der Waals surface area contributed by atoms with Gasteiger partial charge in [0.15, 0.2) is 23.0 Å². The van der Waals surface area contributed by atoms with Crippen molar-refractivity contribution in [2.45, 2.75) is 19.5 Å². The third kappa shape index (κ3) is 4.06. The van der Waals surface area contributed by atoms with Crippen LogP contribution in [0.3, 0.4) is 0 Å². The first-order valence-electron chi connectivity index (χ1n) is 10.2. The normalized spacial score (nSPS) is 14.8. The van der Waals surface area contributed by atoms with Gasteiger partial charge in [-0.3, -0.25) is 4.90 Å². The fourth-order valence-electron chi connectivity index (χ4n) is 3.91. The molecule has 0 saturated heterocycles. The maximum atomic E-state index is 5.43. The van der Waals surface area contributed by atoms with E-state index in [1.165, 1.54) is 5.56 Å². The molecule has 2 aromatic carbocycles. The molecule has 0 aliphatic carbocycles. The number of rotatable bonds is 6. The molecule has 2 aliphatic rings. The molecule has 1 N–H and O–H groups in total. The number of fused-ring (bicyclic) bond motifs is 2. The van der Waals surface area contributed by atoms with Gasteiger partial charge in [0.25, 0.3) is 0 Å². The lowest BCUT2D eigenvalue weighted by Crippen LogP contribution is -2.31. The van der Waals surface area contributed by atoms with Crippen molar-refractivity contribution in [2.24, 2.45) is 0 Å². The summed E-state index contributed by atoms with van der Waals surface area (Å²) in [6.45, 7) is 2.83. The molecule has 0 radical (unpaired) electrons. The second-order valence-electron chi connectivity index (χ2n) is 7.51. The second kappa shape index (κ2) is 8.31. The Kier molecular flexibility index (Phi) is 5.21. The van der Waals surface area contributed by atoms with Crippen LogP contribution >= 0.6 is 0 Å². The summed E-state index contributed by atoms with van der Waals surface area (Å²) in [4.78, 5) is 11.6. The highest BCUT2D eigenvalue weighted by molar-refractivity contribution is 5.60. The van der Waals surface area contributed by atoms with Crippen molar-refractivity contribution < 1.29 is 18.9 Å². The minimum absolute atomic E-state index is 0.258. The van der Waals surface area contributed by atoms with Crippen LogP contribution < -0.4 is 24.3 Å². The van der Waals surface area contributed by atoms with E-state index in [0.717, 1.165) is 66.0 Å². The summed E-state index contributed by atoms with van der Waals surface area (Å²) in [5, 5.41) is 3.26. The van der Waals surface area contributed by atoms with Gasteiger partial charge >= 0.3 is 0 Å². The second-order valence-corrected chi connectivity index (χ2v) is 7.51. The van der Waals surface area contributed by atoms with Gasteiger partial charge in [-0.25, -0.2) is 9.97 Å². The summed E-state index contributed by atoms with van der Waals surface area (Å²) >= 11 is 0. The molecule has 1 aromatic heterocycles. The maximum absolute atomic E-state index is 5.43. The molecule has 0 amide bonds. The third-order valence-corrected chi connectivity index (χ3v) is 5.50. The summed E-state index contributed by atoms with van der Waals surface area (Å²) < 4.78 is 21.5. The Morgan fingerprint density at radius 2 is 1.90 bits per heavy atom. The van der Waals surface area contributed by atoms with E-state index in [0.29, 0.717) is 5.95 Å². The lowest BCUT2D eigenvalue weighted by Gasteiger charge is -2.28. The molecule has 5 rings (SSSR count). The monoisotopic (exact) mass is 420 g/mol. The van der Waals surface area contributed by atoms with E-state index in [-0.39, 0.29) is 6.79 Å². The summed E-state index contributed by atoms with van der Waals surface area (Å²) in [5.74, 6) is 3.57. The zero-order valence-electron chi connectivity index (χ0n) is 17.6. The summed E-state index contributed by atoms with van der Waals surface area (Å²) in [6.07, 6.45) is 2.79. The Balaban J connectivity index is 1.26. The molecule has 0 saturated carbocycles. The Morgan fingerprint density at radius 3 is 2.77 bits per heavy atom. The Bertz CT molecular complexity index is 1100. The van der Waals surface area contributed by atoms with Crippen LogP contribution in [0.5, 0.6) is 23.0 Å². The highest BCUT2D eigenvalue weighted by Crippen LogP contribution is 2.35. The summed E-state index contributed by atoms with van der Waals surface area (Å²) in [5.41, 5.74) is 4.29. The van der Waals surface area contributed by atoms with Crippen LogP contribution in [-0.2, 0) is 19.5 Å². The van der Waals surface area contributed by atoms with E-state index in [9.17, 15) is 0 Å². The van der Waals surface area contributed by atoms with Gasteiger partial charge in [-0.05, 0) is 29.8 Å². The average molecular weight is 420 g/mol. The molecule has 8 nitrogen and oxygen atoms in total. The predicted molar refractivity (Wildman–Crippen MR) is 115 cm³/mol. The van der Waals surface area contributed by atoms with Crippen LogP contribution in [-0.4, -0.2) is 42.4 Å². The number of aromatic nitrogens is 2. The van der Waals surface area contributed by atoms with Gasteiger partial charge in [0.1, 0.15) is 0 Å². The fourth-order valence-corrected chi connectivity index (χ4v) is 3.91. The number of nitrogens with one attached hydrogen (secondary N) is 1. The number of methoxy groups -OCH3 is 2. The quantitative estimate of drug-likeness (QED) is 0.649. The van der Waals surface area contributed by atoms with Gasteiger partial charge in [-0.15, -0.1) is 0 Å². The lowest BCUT2D eigenvalue weighted by atomic mass is 10.1. The first-order chi connectivity index (χ1) is 15.2. The van der Waals surface area contributed by atoms with E-state index in [4.69, 9.17) is 23.9 Å².